The van der Waals surface area contributed by atoms with Gasteiger partial charge in [-0.1, -0.05) is 17.3 Å². The van der Waals surface area contributed by atoms with Gasteiger partial charge in [-0.3, -0.25) is 9.48 Å². The van der Waals surface area contributed by atoms with Crippen molar-refractivity contribution in [3.63, 3.8) is 0 Å². The first kappa shape index (κ1) is 14.0. The van der Waals surface area contributed by atoms with Gasteiger partial charge < -0.3 is 9.84 Å². The van der Waals surface area contributed by atoms with Crippen molar-refractivity contribution in [3.8, 4) is 0 Å². The van der Waals surface area contributed by atoms with Gasteiger partial charge in [-0.15, -0.1) is 0 Å². The van der Waals surface area contributed by atoms with Gasteiger partial charge in [-0.25, -0.2) is 4.39 Å². The van der Waals surface area contributed by atoms with Crippen molar-refractivity contribution >= 4 is 11.6 Å². The number of rotatable bonds is 4. The molecule has 0 aliphatic heterocycles. The summed E-state index contributed by atoms with van der Waals surface area (Å²) in [6.45, 7) is 2.22. The molecule has 6 nitrogen and oxygen atoms in total. The second-order valence-electron chi connectivity index (χ2n) is 4.84. The zero-order valence-electron chi connectivity index (χ0n) is 11.8. The summed E-state index contributed by atoms with van der Waals surface area (Å²) >= 11 is 0. The number of anilines is 1. The Morgan fingerprint density at radius 1 is 1.36 bits per heavy atom. The van der Waals surface area contributed by atoms with E-state index in [4.69, 9.17) is 4.52 Å². The predicted molar refractivity (Wildman–Crippen MR) is 76.9 cm³/mol. The van der Waals surface area contributed by atoms with Crippen LogP contribution in [0.5, 0.6) is 0 Å². The molecule has 2 aromatic heterocycles. The molecule has 0 aliphatic carbocycles. The lowest BCUT2D eigenvalue weighted by molar-refractivity contribution is 0.0988. The highest BCUT2D eigenvalue weighted by Crippen LogP contribution is 2.11. The van der Waals surface area contributed by atoms with Crippen LogP contribution in [0.2, 0.25) is 0 Å². The fourth-order valence-corrected chi connectivity index (χ4v) is 1.95. The van der Waals surface area contributed by atoms with E-state index >= 15 is 0 Å². The van der Waals surface area contributed by atoms with Gasteiger partial charge in [-0.05, 0) is 24.6 Å². The van der Waals surface area contributed by atoms with Crippen molar-refractivity contribution in [2.24, 2.45) is 0 Å². The van der Waals surface area contributed by atoms with Crippen molar-refractivity contribution in [1.82, 2.24) is 14.9 Å². The van der Waals surface area contributed by atoms with Gasteiger partial charge in [0.25, 0.3) is 5.91 Å². The number of amides is 1. The lowest BCUT2D eigenvalue weighted by Crippen LogP contribution is -2.10. The second kappa shape index (κ2) is 5.80. The number of aryl methyl sites for hydroxylation is 1. The quantitative estimate of drug-likeness (QED) is 0.804. The van der Waals surface area contributed by atoms with E-state index < -0.39 is 0 Å². The van der Waals surface area contributed by atoms with Gasteiger partial charge in [0.1, 0.15) is 5.82 Å². The van der Waals surface area contributed by atoms with Gasteiger partial charge in [-0.2, -0.15) is 5.10 Å². The third-order valence-electron chi connectivity index (χ3n) is 3.00. The van der Waals surface area contributed by atoms with Crippen molar-refractivity contribution in [1.29, 1.82) is 0 Å². The average Bonchev–Trinajstić information content (AvgIpc) is 3.11. The summed E-state index contributed by atoms with van der Waals surface area (Å²) in [5.41, 5.74) is 2.09. The monoisotopic (exact) mass is 300 g/mol. The molecule has 7 heteroatoms. The molecule has 3 rings (SSSR count). The summed E-state index contributed by atoms with van der Waals surface area (Å²) in [6.07, 6.45) is 3.22. The van der Waals surface area contributed by atoms with Gasteiger partial charge in [0.05, 0.1) is 24.1 Å². The summed E-state index contributed by atoms with van der Waals surface area (Å²) in [4.78, 5) is 11.9. The Bertz CT molecular complexity index is 792. The van der Waals surface area contributed by atoms with Crippen LogP contribution in [0.25, 0.3) is 0 Å². The molecule has 0 fully saturated rings. The Morgan fingerprint density at radius 2 is 2.14 bits per heavy atom. The van der Waals surface area contributed by atoms with Gasteiger partial charge in [0.2, 0.25) is 5.76 Å². The van der Waals surface area contributed by atoms with E-state index in [-0.39, 0.29) is 17.5 Å². The van der Waals surface area contributed by atoms with E-state index in [0.29, 0.717) is 17.9 Å². The van der Waals surface area contributed by atoms with Crippen LogP contribution in [-0.2, 0) is 6.54 Å². The molecule has 1 aromatic carbocycles. The first-order valence-electron chi connectivity index (χ1n) is 6.62. The van der Waals surface area contributed by atoms with Crippen LogP contribution in [-0.4, -0.2) is 20.8 Å². The number of aromatic nitrogens is 3. The van der Waals surface area contributed by atoms with E-state index in [9.17, 15) is 9.18 Å². The van der Waals surface area contributed by atoms with Crippen LogP contribution in [0.1, 0.15) is 21.8 Å². The minimum atomic E-state index is -0.387. The molecule has 0 unspecified atom stereocenters. The number of carbonyl (C=O) groups is 1. The number of halogens is 1. The lowest BCUT2D eigenvalue weighted by Gasteiger charge is -2.01. The Kier molecular flexibility index (Phi) is 3.69. The summed E-state index contributed by atoms with van der Waals surface area (Å²) in [6, 6.07) is 7.72. The van der Waals surface area contributed by atoms with Crippen LogP contribution in [0.4, 0.5) is 10.1 Å². The molecule has 112 valence electrons. The highest BCUT2D eigenvalue weighted by Gasteiger charge is 2.12. The Hall–Kier alpha value is -2.96. The number of carbonyl (C=O) groups excluding carboxylic acids is 1. The van der Waals surface area contributed by atoms with Gasteiger partial charge in [0, 0.05) is 12.3 Å². The molecule has 0 radical (unpaired) electrons. The van der Waals surface area contributed by atoms with Crippen molar-refractivity contribution in [2.45, 2.75) is 13.5 Å². The van der Waals surface area contributed by atoms with Crippen LogP contribution in [0.3, 0.4) is 0 Å². The zero-order valence-corrected chi connectivity index (χ0v) is 11.8. The van der Waals surface area contributed by atoms with Gasteiger partial charge >= 0.3 is 0 Å². The molecule has 0 aliphatic rings. The minimum absolute atomic E-state index is 0.142. The van der Waals surface area contributed by atoms with Crippen LogP contribution < -0.4 is 5.32 Å². The predicted octanol–water partition coefficient (Wildman–Crippen LogP) is 2.62. The molecular weight excluding hydrogens is 287 g/mol. The molecule has 0 saturated carbocycles. The molecule has 0 spiro atoms. The summed E-state index contributed by atoms with van der Waals surface area (Å²) in [7, 11) is 0. The number of nitrogens with zero attached hydrogens (tertiary/aromatic N) is 3. The SMILES string of the molecule is Cc1cc(C(=O)Nc2cnn(Cc3ccc(F)cc3)c2)on1. The molecule has 3 aromatic rings. The van der Waals surface area contributed by atoms with Crippen molar-refractivity contribution in [3.05, 3.63) is 65.6 Å². The largest absolute Gasteiger partial charge is 0.351 e. The third kappa shape index (κ3) is 3.20. The smallest absolute Gasteiger partial charge is 0.294 e. The molecule has 0 atom stereocenters. The number of nitrogens with one attached hydrogen (secondary N) is 1. The third-order valence-corrected chi connectivity index (χ3v) is 3.00. The Morgan fingerprint density at radius 3 is 2.82 bits per heavy atom. The van der Waals surface area contributed by atoms with E-state index in [1.807, 2.05) is 0 Å². The topological polar surface area (TPSA) is 73.0 Å². The highest BCUT2D eigenvalue weighted by atomic mass is 19.1. The highest BCUT2D eigenvalue weighted by molar-refractivity contribution is 6.02. The maximum absolute atomic E-state index is 12.9. The Labute approximate surface area is 125 Å². The van der Waals surface area contributed by atoms with Crippen LogP contribution in [0, 0.1) is 12.7 Å². The standard InChI is InChI=1S/C15H13FN4O2/c1-10-6-14(22-19-10)15(21)18-13-7-17-20(9-13)8-11-2-4-12(16)5-3-11/h2-7,9H,8H2,1H3,(H,18,21). The zero-order chi connectivity index (χ0) is 15.5. The number of hydrogen-bond donors (Lipinski definition) is 1. The van der Waals surface area contributed by atoms with Gasteiger partial charge in [0.15, 0.2) is 0 Å². The van der Waals surface area contributed by atoms with Crippen LogP contribution >= 0.6 is 0 Å². The first-order valence-corrected chi connectivity index (χ1v) is 6.62. The van der Waals surface area contributed by atoms with Crippen molar-refractivity contribution < 1.29 is 13.7 Å². The molecule has 0 bridgehead atoms. The van der Waals surface area contributed by atoms with Crippen molar-refractivity contribution in [2.75, 3.05) is 5.32 Å². The first-order chi connectivity index (χ1) is 10.6. The molecule has 0 saturated heterocycles. The number of benzene rings is 1. The fourth-order valence-electron chi connectivity index (χ4n) is 1.95. The second-order valence-corrected chi connectivity index (χ2v) is 4.84. The number of hydrogen-bond acceptors (Lipinski definition) is 4. The fraction of sp³-hybridized carbons (Fsp3) is 0.133. The van der Waals surface area contributed by atoms with E-state index in [1.165, 1.54) is 18.3 Å². The summed E-state index contributed by atoms with van der Waals surface area (Å²) in [5.74, 6) is -0.523. The van der Waals surface area contributed by atoms with E-state index in [2.05, 4.69) is 15.6 Å². The van der Waals surface area contributed by atoms with E-state index in [1.54, 1.807) is 36.0 Å². The normalized spacial score (nSPS) is 10.6. The summed E-state index contributed by atoms with van der Waals surface area (Å²) < 4.78 is 19.4. The maximum Gasteiger partial charge on any atom is 0.294 e. The average molecular weight is 300 g/mol. The van der Waals surface area contributed by atoms with E-state index in [0.717, 1.165) is 5.56 Å². The molecule has 1 amide bonds. The maximum atomic E-state index is 12.9. The molecule has 22 heavy (non-hydrogen) atoms. The molecular formula is C15H13FN4O2. The minimum Gasteiger partial charge on any atom is -0.351 e. The Balaban J connectivity index is 1.66. The molecule has 2 heterocycles. The van der Waals surface area contributed by atoms with Crippen LogP contribution in [0.15, 0.2) is 47.2 Å². The summed E-state index contributed by atoms with van der Waals surface area (Å²) in [5, 5.41) is 10.5. The lowest BCUT2D eigenvalue weighted by atomic mass is 10.2. The molecule has 1 N–H and O–H groups in total.